The zero-order chi connectivity index (χ0) is 13.3. The third-order valence-electron chi connectivity index (χ3n) is 2.42. The second-order valence-electron chi connectivity index (χ2n) is 5.04. The first-order valence-electron chi connectivity index (χ1n) is 5.71. The van der Waals surface area contributed by atoms with E-state index in [1.54, 1.807) is 18.2 Å². The molecule has 2 rings (SSSR count). The van der Waals surface area contributed by atoms with Crippen molar-refractivity contribution < 1.29 is 14.6 Å². The monoisotopic (exact) mass is 248 g/mol. The Kier molecular flexibility index (Phi) is 3.09. The first kappa shape index (κ1) is 12.6. The summed E-state index contributed by atoms with van der Waals surface area (Å²) in [6.45, 7) is 5.32. The van der Waals surface area contributed by atoms with E-state index in [1.807, 2.05) is 20.8 Å². The molecular weight excluding hydrogens is 232 g/mol. The highest BCUT2D eigenvalue weighted by Crippen LogP contribution is 2.19. The van der Waals surface area contributed by atoms with Crippen LogP contribution in [0.15, 0.2) is 24.5 Å². The molecule has 0 atom stereocenters. The number of aromatic nitrogens is 2. The summed E-state index contributed by atoms with van der Waals surface area (Å²) in [5.74, 6) is 0. The summed E-state index contributed by atoms with van der Waals surface area (Å²) in [4.78, 5) is 16.1. The van der Waals surface area contributed by atoms with E-state index in [-0.39, 0.29) is 6.61 Å². The van der Waals surface area contributed by atoms with Gasteiger partial charge in [0.25, 0.3) is 0 Å². The molecule has 0 spiro atoms. The Balaban J connectivity index is 2.44. The maximum absolute atomic E-state index is 12.0. The fraction of sp³-hybridized carbons (Fsp3) is 0.385. The molecule has 1 heterocycles. The molecule has 0 aliphatic rings. The molecule has 5 heteroatoms. The van der Waals surface area contributed by atoms with Crippen LogP contribution in [-0.2, 0) is 11.3 Å². The highest BCUT2D eigenvalue weighted by atomic mass is 16.6. The minimum Gasteiger partial charge on any atom is -0.443 e. The summed E-state index contributed by atoms with van der Waals surface area (Å²) < 4.78 is 6.63. The number of fused-ring (bicyclic) bond motifs is 1. The molecule has 0 amide bonds. The van der Waals surface area contributed by atoms with E-state index in [0.29, 0.717) is 16.6 Å². The smallest absolute Gasteiger partial charge is 0.420 e. The van der Waals surface area contributed by atoms with E-state index >= 15 is 0 Å². The SMILES string of the molecule is CC(C)(C)OC(=O)n1cnc2c(CO)cccc21. The zero-order valence-corrected chi connectivity index (χ0v) is 10.7. The molecular formula is C13H16N2O3. The normalized spacial score (nSPS) is 11.8. The molecule has 18 heavy (non-hydrogen) atoms. The molecule has 0 unspecified atom stereocenters. The molecule has 1 aromatic heterocycles. The molecule has 2 aromatic rings. The van der Waals surface area contributed by atoms with Gasteiger partial charge >= 0.3 is 6.09 Å². The molecule has 5 nitrogen and oxygen atoms in total. The Bertz CT molecular complexity index is 581. The van der Waals surface area contributed by atoms with Crippen LogP contribution in [0.25, 0.3) is 11.0 Å². The topological polar surface area (TPSA) is 64.4 Å². The Morgan fingerprint density at radius 3 is 2.78 bits per heavy atom. The number of rotatable bonds is 1. The first-order valence-corrected chi connectivity index (χ1v) is 5.71. The lowest BCUT2D eigenvalue weighted by molar-refractivity contribution is 0.0543. The number of carbonyl (C=O) groups excluding carboxylic acids is 1. The van der Waals surface area contributed by atoms with Crippen LogP contribution in [0.3, 0.4) is 0 Å². The van der Waals surface area contributed by atoms with Crippen LogP contribution in [0.1, 0.15) is 26.3 Å². The number of hydrogen-bond acceptors (Lipinski definition) is 4. The Labute approximate surface area is 105 Å². The predicted octanol–water partition coefficient (Wildman–Crippen LogP) is 2.31. The van der Waals surface area contributed by atoms with Crippen molar-refractivity contribution in [2.45, 2.75) is 33.0 Å². The average Bonchev–Trinajstić information content (AvgIpc) is 2.69. The van der Waals surface area contributed by atoms with Crippen molar-refractivity contribution in [3.63, 3.8) is 0 Å². The lowest BCUT2D eigenvalue weighted by Crippen LogP contribution is -2.26. The van der Waals surface area contributed by atoms with Crippen LogP contribution in [0.2, 0.25) is 0 Å². The molecule has 0 aliphatic carbocycles. The Hall–Kier alpha value is -1.88. The van der Waals surface area contributed by atoms with Crippen LogP contribution in [0, 0.1) is 0 Å². The van der Waals surface area contributed by atoms with E-state index < -0.39 is 11.7 Å². The van der Waals surface area contributed by atoms with Gasteiger partial charge in [-0.1, -0.05) is 12.1 Å². The lowest BCUT2D eigenvalue weighted by Gasteiger charge is -2.19. The van der Waals surface area contributed by atoms with Gasteiger partial charge in [0.05, 0.1) is 17.6 Å². The summed E-state index contributed by atoms with van der Waals surface area (Å²) in [6, 6.07) is 5.32. The number of ether oxygens (including phenoxy) is 1. The van der Waals surface area contributed by atoms with Gasteiger partial charge in [-0.3, -0.25) is 0 Å². The third kappa shape index (κ3) is 2.36. The van der Waals surface area contributed by atoms with Crippen molar-refractivity contribution in [2.24, 2.45) is 0 Å². The van der Waals surface area contributed by atoms with Crippen LogP contribution in [-0.4, -0.2) is 26.4 Å². The quantitative estimate of drug-likeness (QED) is 0.841. The first-order chi connectivity index (χ1) is 8.42. The van der Waals surface area contributed by atoms with Gasteiger partial charge in [0, 0.05) is 5.56 Å². The molecule has 0 bridgehead atoms. The third-order valence-corrected chi connectivity index (χ3v) is 2.42. The molecule has 1 aromatic carbocycles. The van der Waals surface area contributed by atoms with Crippen LogP contribution in [0.5, 0.6) is 0 Å². The van der Waals surface area contributed by atoms with Crippen molar-refractivity contribution in [2.75, 3.05) is 0 Å². The standard InChI is InChI=1S/C13H16N2O3/c1-13(2,3)18-12(17)15-8-14-11-9(7-16)5-4-6-10(11)15/h4-6,8,16H,7H2,1-3H3. The van der Waals surface area contributed by atoms with Gasteiger partial charge in [0.2, 0.25) is 0 Å². The molecule has 1 N–H and O–H groups in total. The van der Waals surface area contributed by atoms with Gasteiger partial charge in [-0.2, -0.15) is 0 Å². The van der Waals surface area contributed by atoms with E-state index in [4.69, 9.17) is 4.74 Å². The number of aliphatic hydroxyl groups is 1. The zero-order valence-electron chi connectivity index (χ0n) is 10.7. The number of carbonyl (C=O) groups is 1. The van der Waals surface area contributed by atoms with Crippen LogP contribution >= 0.6 is 0 Å². The molecule has 96 valence electrons. The van der Waals surface area contributed by atoms with Crippen molar-refractivity contribution >= 4 is 17.1 Å². The van der Waals surface area contributed by atoms with E-state index in [0.717, 1.165) is 0 Å². The maximum atomic E-state index is 12.0. The highest BCUT2D eigenvalue weighted by Gasteiger charge is 2.19. The second kappa shape index (κ2) is 4.42. The number of hydrogen-bond donors (Lipinski definition) is 1. The molecule has 0 fully saturated rings. The number of imidazole rings is 1. The van der Waals surface area contributed by atoms with E-state index in [9.17, 15) is 9.90 Å². The van der Waals surface area contributed by atoms with Gasteiger partial charge in [0.15, 0.2) is 0 Å². The van der Waals surface area contributed by atoms with E-state index in [2.05, 4.69) is 4.98 Å². The highest BCUT2D eigenvalue weighted by molar-refractivity contribution is 5.88. The molecule has 0 saturated heterocycles. The lowest BCUT2D eigenvalue weighted by atomic mass is 10.2. The van der Waals surface area contributed by atoms with Gasteiger partial charge in [-0.15, -0.1) is 0 Å². The number of nitrogens with zero attached hydrogens (tertiary/aromatic N) is 2. The minimum atomic E-state index is -0.553. The number of benzene rings is 1. The number of para-hydroxylation sites is 1. The van der Waals surface area contributed by atoms with Crippen LogP contribution in [0.4, 0.5) is 4.79 Å². The predicted molar refractivity (Wildman–Crippen MR) is 67.3 cm³/mol. The Morgan fingerprint density at radius 1 is 1.44 bits per heavy atom. The van der Waals surface area contributed by atoms with Gasteiger partial charge < -0.3 is 9.84 Å². The molecule has 0 radical (unpaired) electrons. The molecule has 0 aliphatic heterocycles. The van der Waals surface area contributed by atoms with Gasteiger partial charge in [-0.25, -0.2) is 14.3 Å². The summed E-state index contributed by atoms with van der Waals surface area (Å²) >= 11 is 0. The van der Waals surface area contributed by atoms with Crippen LogP contribution < -0.4 is 0 Å². The second-order valence-corrected chi connectivity index (χ2v) is 5.04. The summed E-state index contributed by atoms with van der Waals surface area (Å²) in [5, 5.41) is 9.20. The number of aliphatic hydroxyl groups excluding tert-OH is 1. The summed E-state index contributed by atoms with van der Waals surface area (Å²) in [5.41, 5.74) is 1.39. The molecule has 0 saturated carbocycles. The fourth-order valence-corrected chi connectivity index (χ4v) is 1.68. The average molecular weight is 248 g/mol. The van der Waals surface area contributed by atoms with Crippen molar-refractivity contribution in [1.29, 1.82) is 0 Å². The largest absolute Gasteiger partial charge is 0.443 e. The Morgan fingerprint density at radius 2 is 2.17 bits per heavy atom. The minimum absolute atomic E-state index is 0.108. The fourth-order valence-electron chi connectivity index (χ4n) is 1.68. The van der Waals surface area contributed by atoms with Crippen molar-refractivity contribution in [3.8, 4) is 0 Å². The van der Waals surface area contributed by atoms with Crippen molar-refractivity contribution in [1.82, 2.24) is 9.55 Å². The summed E-state index contributed by atoms with van der Waals surface area (Å²) in [6.07, 6.45) is 0.942. The maximum Gasteiger partial charge on any atom is 0.420 e. The van der Waals surface area contributed by atoms with Gasteiger partial charge in [-0.05, 0) is 26.8 Å². The van der Waals surface area contributed by atoms with Gasteiger partial charge in [0.1, 0.15) is 11.9 Å². The van der Waals surface area contributed by atoms with E-state index in [1.165, 1.54) is 10.9 Å². The van der Waals surface area contributed by atoms with Crippen molar-refractivity contribution in [3.05, 3.63) is 30.1 Å². The summed E-state index contributed by atoms with van der Waals surface area (Å²) in [7, 11) is 0.